The summed E-state index contributed by atoms with van der Waals surface area (Å²) in [5, 5.41) is 10.1. The fourth-order valence-electron chi connectivity index (χ4n) is 2.53. The van der Waals surface area contributed by atoms with Gasteiger partial charge in [-0.2, -0.15) is 0 Å². The van der Waals surface area contributed by atoms with Crippen LogP contribution in [0.3, 0.4) is 0 Å². The molecule has 2 aromatic rings. The van der Waals surface area contributed by atoms with E-state index in [-0.39, 0.29) is 11.3 Å². The highest BCUT2D eigenvalue weighted by molar-refractivity contribution is 5.92. The molecule has 0 aliphatic heterocycles. The van der Waals surface area contributed by atoms with Gasteiger partial charge in [0.2, 0.25) is 0 Å². The fourth-order valence-corrected chi connectivity index (χ4v) is 2.53. The van der Waals surface area contributed by atoms with Crippen LogP contribution >= 0.6 is 0 Å². The Morgan fingerprint density at radius 3 is 2.00 bits per heavy atom. The van der Waals surface area contributed by atoms with Gasteiger partial charge < -0.3 is 5.11 Å². The topological polar surface area (TPSA) is 49.7 Å². The number of carbonyl (C=O) groups excluding carboxylic acids is 1. The minimum absolute atomic E-state index is 0.0261. The van der Waals surface area contributed by atoms with Gasteiger partial charge in [0.15, 0.2) is 6.29 Å². The zero-order valence-corrected chi connectivity index (χ0v) is 12.8. The Morgan fingerprint density at radius 1 is 0.905 bits per heavy atom. The van der Waals surface area contributed by atoms with Gasteiger partial charge in [0.25, 0.3) is 0 Å². The van der Waals surface area contributed by atoms with Crippen LogP contribution in [0.25, 0.3) is 0 Å². The lowest BCUT2D eigenvalue weighted by Crippen LogP contribution is -1.91. The number of aryl methyl sites for hydroxylation is 4. The number of rotatable bonds is 3. The van der Waals surface area contributed by atoms with E-state index < -0.39 is 0 Å². The zero-order chi connectivity index (χ0) is 15.6. The molecule has 108 valence electrons. The number of aldehydes is 1. The van der Waals surface area contributed by atoms with Gasteiger partial charge in [0, 0.05) is 11.8 Å². The van der Waals surface area contributed by atoms with Crippen molar-refractivity contribution in [3.63, 3.8) is 0 Å². The first kappa shape index (κ1) is 15.0. The number of hydrogen-bond acceptors (Lipinski definition) is 3. The molecule has 3 heteroatoms. The Balaban J connectivity index is 2.48. The van der Waals surface area contributed by atoms with Crippen LogP contribution in [0.2, 0.25) is 0 Å². The SMILES string of the molecule is Cc1cc(C)c(N=Cc2cc(C)cc(C=O)c2O)c(C)c1. The smallest absolute Gasteiger partial charge is 0.153 e. The molecule has 21 heavy (non-hydrogen) atoms. The van der Waals surface area contributed by atoms with Crippen LogP contribution in [0.4, 0.5) is 5.69 Å². The molecule has 1 N–H and O–H groups in total. The summed E-state index contributed by atoms with van der Waals surface area (Å²) < 4.78 is 0. The molecule has 0 saturated heterocycles. The second-order valence-corrected chi connectivity index (χ2v) is 5.42. The van der Waals surface area contributed by atoms with E-state index in [9.17, 15) is 9.90 Å². The molecule has 3 nitrogen and oxygen atoms in total. The minimum atomic E-state index is -0.0261. The number of aliphatic imine (C=N–C) groups is 1. The van der Waals surface area contributed by atoms with E-state index in [0.29, 0.717) is 11.8 Å². The molecule has 2 aromatic carbocycles. The minimum Gasteiger partial charge on any atom is -0.507 e. The molecule has 0 aliphatic rings. The summed E-state index contributed by atoms with van der Waals surface area (Å²) in [5.41, 5.74) is 6.02. The van der Waals surface area contributed by atoms with Gasteiger partial charge in [-0.05, 0) is 56.5 Å². The van der Waals surface area contributed by atoms with E-state index in [1.807, 2.05) is 26.8 Å². The van der Waals surface area contributed by atoms with Gasteiger partial charge in [0.1, 0.15) is 5.75 Å². The molecule has 0 amide bonds. The van der Waals surface area contributed by atoms with E-state index in [0.717, 1.165) is 22.4 Å². The van der Waals surface area contributed by atoms with Crippen LogP contribution < -0.4 is 0 Å². The highest BCUT2D eigenvalue weighted by Gasteiger charge is 2.07. The number of phenols is 1. The Morgan fingerprint density at radius 2 is 1.43 bits per heavy atom. The largest absolute Gasteiger partial charge is 0.507 e. The predicted molar refractivity (Wildman–Crippen MR) is 86.1 cm³/mol. The molecule has 0 aliphatic carbocycles. The monoisotopic (exact) mass is 281 g/mol. The third-order valence-corrected chi connectivity index (χ3v) is 3.41. The van der Waals surface area contributed by atoms with Crippen molar-refractivity contribution < 1.29 is 9.90 Å². The average molecular weight is 281 g/mol. The lowest BCUT2D eigenvalue weighted by atomic mass is 10.0. The molecule has 0 saturated carbocycles. The summed E-state index contributed by atoms with van der Waals surface area (Å²) in [6, 6.07) is 7.62. The highest BCUT2D eigenvalue weighted by Crippen LogP contribution is 2.27. The first-order valence-electron chi connectivity index (χ1n) is 6.83. The normalized spacial score (nSPS) is 11.0. The van der Waals surface area contributed by atoms with Crippen molar-refractivity contribution in [2.75, 3.05) is 0 Å². The summed E-state index contributed by atoms with van der Waals surface area (Å²) >= 11 is 0. The Hall–Kier alpha value is -2.42. The van der Waals surface area contributed by atoms with Crippen molar-refractivity contribution >= 4 is 18.2 Å². The summed E-state index contributed by atoms with van der Waals surface area (Å²) in [5.74, 6) is -0.0261. The quantitative estimate of drug-likeness (QED) is 0.677. The molecule has 0 bridgehead atoms. The van der Waals surface area contributed by atoms with E-state index in [2.05, 4.69) is 24.0 Å². The van der Waals surface area contributed by atoms with Gasteiger partial charge in [-0.3, -0.25) is 9.79 Å². The lowest BCUT2D eigenvalue weighted by molar-refractivity contribution is 0.112. The summed E-state index contributed by atoms with van der Waals surface area (Å²) in [7, 11) is 0. The van der Waals surface area contributed by atoms with Gasteiger partial charge >= 0.3 is 0 Å². The molecule has 0 heterocycles. The summed E-state index contributed by atoms with van der Waals surface area (Å²) in [6.45, 7) is 7.96. The van der Waals surface area contributed by atoms with Gasteiger partial charge in [-0.1, -0.05) is 17.7 Å². The van der Waals surface area contributed by atoms with Crippen molar-refractivity contribution in [2.24, 2.45) is 4.99 Å². The predicted octanol–water partition coefficient (Wildman–Crippen LogP) is 4.19. The number of nitrogens with zero attached hydrogens (tertiary/aromatic N) is 1. The summed E-state index contributed by atoms with van der Waals surface area (Å²) in [6.07, 6.45) is 2.27. The highest BCUT2D eigenvalue weighted by atomic mass is 16.3. The second kappa shape index (κ2) is 5.92. The van der Waals surface area contributed by atoms with Crippen molar-refractivity contribution in [3.05, 3.63) is 57.6 Å². The third-order valence-electron chi connectivity index (χ3n) is 3.41. The number of hydrogen-bond donors (Lipinski definition) is 1. The molecule has 2 rings (SSSR count). The van der Waals surface area contributed by atoms with Gasteiger partial charge in [-0.15, -0.1) is 0 Å². The number of benzene rings is 2. The average Bonchev–Trinajstić information content (AvgIpc) is 2.40. The number of carbonyl (C=O) groups is 1. The molecule has 0 aromatic heterocycles. The van der Waals surface area contributed by atoms with Crippen LogP contribution in [-0.4, -0.2) is 17.6 Å². The molecule has 0 atom stereocenters. The Kier molecular flexibility index (Phi) is 4.22. The third kappa shape index (κ3) is 3.19. The van der Waals surface area contributed by atoms with Crippen LogP contribution in [0, 0.1) is 27.7 Å². The maximum Gasteiger partial charge on any atom is 0.153 e. The van der Waals surface area contributed by atoms with Crippen molar-refractivity contribution in [2.45, 2.75) is 27.7 Å². The zero-order valence-electron chi connectivity index (χ0n) is 12.8. The molecule has 0 radical (unpaired) electrons. The number of aromatic hydroxyl groups is 1. The molecule has 0 fully saturated rings. The van der Waals surface area contributed by atoms with E-state index in [1.54, 1.807) is 12.3 Å². The maximum absolute atomic E-state index is 10.9. The molecule has 0 spiro atoms. The van der Waals surface area contributed by atoms with Crippen molar-refractivity contribution in [3.8, 4) is 5.75 Å². The standard InChI is InChI=1S/C18H19NO2/c1-11-5-13(3)17(14(4)6-11)19-9-15-7-12(2)8-16(10-20)18(15)21/h5-10,21H,1-4H3. The van der Waals surface area contributed by atoms with E-state index in [4.69, 9.17) is 0 Å². The van der Waals surface area contributed by atoms with Crippen LogP contribution in [-0.2, 0) is 0 Å². The molecular formula is C18H19NO2. The first-order valence-corrected chi connectivity index (χ1v) is 6.83. The van der Waals surface area contributed by atoms with Crippen LogP contribution in [0.1, 0.15) is 38.2 Å². The Labute approximate surface area is 125 Å². The summed E-state index contributed by atoms with van der Waals surface area (Å²) in [4.78, 5) is 15.4. The van der Waals surface area contributed by atoms with Gasteiger partial charge in [-0.25, -0.2) is 0 Å². The second-order valence-electron chi connectivity index (χ2n) is 5.42. The van der Waals surface area contributed by atoms with E-state index in [1.165, 1.54) is 5.56 Å². The first-order chi connectivity index (χ1) is 9.92. The number of phenolic OH excluding ortho intramolecular Hbond substituents is 1. The van der Waals surface area contributed by atoms with Crippen molar-refractivity contribution in [1.82, 2.24) is 0 Å². The molecular weight excluding hydrogens is 262 g/mol. The maximum atomic E-state index is 10.9. The fraction of sp³-hybridized carbons (Fsp3) is 0.222. The van der Waals surface area contributed by atoms with Gasteiger partial charge in [0.05, 0.1) is 11.3 Å². The van der Waals surface area contributed by atoms with E-state index >= 15 is 0 Å². The van der Waals surface area contributed by atoms with Crippen molar-refractivity contribution in [1.29, 1.82) is 0 Å². The Bertz CT molecular complexity index is 707. The van der Waals surface area contributed by atoms with Crippen LogP contribution in [0.15, 0.2) is 29.3 Å². The molecule has 0 unspecified atom stereocenters. The van der Waals surface area contributed by atoms with Crippen LogP contribution in [0.5, 0.6) is 5.75 Å². The lowest BCUT2D eigenvalue weighted by Gasteiger charge is -2.07.